The predicted molar refractivity (Wildman–Crippen MR) is 63.6 cm³/mol. The summed E-state index contributed by atoms with van der Waals surface area (Å²) in [5, 5.41) is 0. The Labute approximate surface area is 92.1 Å². The molecule has 0 amide bonds. The fourth-order valence-electron chi connectivity index (χ4n) is 2.06. The van der Waals surface area contributed by atoms with E-state index in [2.05, 4.69) is 35.8 Å². The van der Waals surface area contributed by atoms with E-state index in [0.717, 1.165) is 12.1 Å². The first-order chi connectivity index (χ1) is 7.40. The van der Waals surface area contributed by atoms with Gasteiger partial charge in [0.15, 0.2) is 0 Å². The molecule has 78 valence electrons. The predicted octanol–water partition coefficient (Wildman–Crippen LogP) is 2.52. The number of benzene rings is 1. The van der Waals surface area contributed by atoms with Crippen LogP contribution in [0.25, 0.3) is 0 Å². The fraction of sp³-hybridized carbons (Fsp3) is 0.429. The van der Waals surface area contributed by atoms with Crippen LogP contribution in [-0.2, 0) is 0 Å². The molecule has 1 aromatic carbocycles. The summed E-state index contributed by atoms with van der Waals surface area (Å²) in [6.07, 6.45) is 2.52. The SMILES string of the molecule is CCN1CCCC1C#Cc1ccccc1. The highest BCUT2D eigenvalue weighted by molar-refractivity contribution is 5.35. The van der Waals surface area contributed by atoms with Crippen LogP contribution in [0, 0.1) is 11.8 Å². The van der Waals surface area contributed by atoms with Crippen LogP contribution in [0.4, 0.5) is 0 Å². The monoisotopic (exact) mass is 199 g/mol. The first-order valence-corrected chi connectivity index (χ1v) is 5.71. The number of rotatable bonds is 1. The van der Waals surface area contributed by atoms with Crippen molar-refractivity contribution in [1.29, 1.82) is 0 Å². The number of likely N-dealkylation sites (tertiary alicyclic amines) is 1. The van der Waals surface area contributed by atoms with Gasteiger partial charge in [-0.2, -0.15) is 0 Å². The maximum Gasteiger partial charge on any atom is 0.0718 e. The molecule has 0 aliphatic carbocycles. The Morgan fingerprint density at radius 3 is 2.87 bits per heavy atom. The van der Waals surface area contributed by atoms with Gasteiger partial charge in [0, 0.05) is 5.56 Å². The molecule has 1 saturated heterocycles. The second-order valence-electron chi connectivity index (χ2n) is 3.92. The molecule has 1 aliphatic heterocycles. The summed E-state index contributed by atoms with van der Waals surface area (Å²) in [5.41, 5.74) is 1.13. The van der Waals surface area contributed by atoms with Crippen molar-refractivity contribution in [3.05, 3.63) is 35.9 Å². The van der Waals surface area contributed by atoms with Crippen molar-refractivity contribution < 1.29 is 0 Å². The van der Waals surface area contributed by atoms with E-state index in [4.69, 9.17) is 0 Å². The molecule has 2 rings (SSSR count). The van der Waals surface area contributed by atoms with Crippen molar-refractivity contribution in [2.75, 3.05) is 13.1 Å². The third-order valence-electron chi connectivity index (χ3n) is 2.93. The maximum absolute atomic E-state index is 3.37. The summed E-state index contributed by atoms with van der Waals surface area (Å²) < 4.78 is 0. The molecule has 0 N–H and O–H groups in total. The minimum atomic E-state index is 0.482. The smallest absolute Gasteiger partial charge is 0.0718 e. The number of hydrogen-bond donors (Lipinski definition) is 0. The largest absolute Gasteiger partial charge is 0.290 e. The Balaban J connectivity index is 2.05. The molecule has 0 spiro atoms. The number of nitrogens with zero attached hydrogens (tertiary/aromatic N) is 1. The number of hydrogen-bond acceptors (Lipinski definition) is 1. The van der Waals surface area contributed by atoms with Crippen molar-refractivity contribution in [1.82, 2.24) is 4.90 Å². The van der Waals surface area contributed by atoms with Gasteiger partial charge in [-0.3, -0.25) is 4.90 Å². The molecular weight excluding hydrogens is 182 g/mol. The highest BCUT2D eigenvalue weighted by Gasteiger charge is 2.20. The lowest BCUT2D eigenvalue weighted by Crippen LogP contribution is -2.27. The van der Waals surface area contributed by atoms with Gasteiger partial charge in [-0.15, -0.1) is 0 Å². The summed E-state index contributed by atoms with van der Waals surface area (Å²) in [6, 6.07) is 10.7. The molecule has 0 bridgehead atoms. The van der Waals surface area contributed by atoms with E-state index in [0.29, 0.717) is 6.04 Å². The lowest BCUT2D eigenvalue weighted by atomic mass is 10.2. The van der Waals surface area contributed by atoms with E-state index in [9.17, 15) is 0 Å². The van der Waals surface area contributed by atoms with Crippen LogP contribution in [0.2, 0.25) is 0 Å². The highest BCUT2D eigenvalue weighted by Crippen LogP contribution is 2.15. The van der Waals surface area contributed by atoms with Gasteiger partial charge >= 0.3 is 0 Å². The van der Waals surface area contributed by atoms with Gasteiger partial charge in [0.25, 0.3) is 0 Å². The quantitative estimate of drug-likeness (QED) is 0.628. The Hall–Kier alpha value is -1.26. The third-order valence-corrected chi connectivity index (χ3v) is 2.93. The van der Waals surface area contributed by atoms with Gasteiger partial charge in [0.05, 0.1) is 6.04 Å². The first kappa shape index (κ1) is 10.3. The lowest BCUT2D eigenvalue weighted by molar-refractivity contribution is 0.313. The molecule has 1 fully saturated rings. The van der Waals surface area contributed by atoms with Crippen LogP contribution in [-0.4, -0.2) is 24.0 Å². The molecule has 0 aromatic heterocycles. The van der Waals surface area contributed by atoms with Gasteiger partial charge in [-0.05, 0) is 38.1 Å². The van der Waals surface area contributed by atoms with Crippen LogP contribution in [0.15, 0.2) is 30.3 Å². The Morgan fingerprint density at radius 1 is 1.33 bits per heavy atom. The van der Waals surface area contributed by atoms with Crippen LogP contribution >= 0.6 is 0 Å². The zero-order chi connectivity index (χ0) is 10.5. The molecule has 1 aromatic rings. The van der Waals surface area contributed by atoms with E-state index in [1.165, 1.54) is 19.4 Å². The molecule has 15 heavy (non-hydrogen) atoms. The van der Waals surface area contributed by atoms with E-state index < -0.39 is 0 Å². The molecule has 0 saturated carbocycles. The van der Waals surface area contributed by atoms with Crippen molar-refractivity contribution in [2.24, 2.45) is 0 Å². The molecule has 1 heteroatoms. The van der Waals surface area contributed by atoms with Crippen LogP contribution in [0.1, 0.15) is 25.3 Å². The minimum absolute atomic E-state index is 0.482. The standard InChI is InChI=1S/C14H17N/c1-2-15-12-6-9-14(15)11-10-13-7-4-3-5-8-13/h3-5,7-8,14H,2,6,9,12H2,1H3. The second-order valence-corrected chi connectivity index (χ2v) is 3.92. The lowest BCUT2D eigenvalue weighted by Gasteiger charge is -2.16. The van der Waals surface area contributed by atoms with Crippen molar-refractivity contribution in [2.45, 2.75) is 25.8 Å². The molecular formula is C14H17N. The van der Waals surface area contributed by atoms with Crippen LogP contribution < -0.4 is 0 Å². The Kier molecular flexibility index (Phi) is 3.42. The van der Waals surface area contributed by atoms with Crippen LogP contribution in [0.5, 0.6) is 0 Å². The highest BCUT2D eigenvalue weighted by atomic mass is 15.2. The summed E-state index contributed by atoms with van der Waals surface area (Å²) in [6.45, 7) is 4.54. The average molecular weight is 199 g/mol. The van der Waals surface area contributed by atoms with Crippen molar-refractivity contribution in [3.8, 4) is 11.8 Å². The second kappa shape index (κ2) is 5.00. The fourth-order valence-corrected chi connectivity index (χ4v) is 2.06. The topological polar surface area (TPSA) is 3.24 Å². The maximum atomic E-state index is 3.37. The van der Waals surface area contributed by atoms with Gasteiger partial charge in [0.1, 0.15) is 0 Å². The zero-order valence-corrected chi connectivity index (χ0v) is 9.24. The summed E-state index contributed by atoms with van der Waals surface area (Å²) in [4.78, 5) is 2.45. The Bertz CT molecular complexity index is 358. The Morgan fingerprint density at radius 2 is 2.13 bits per heavy atom. The van der Waals surface area contributed by atoms with E-state index in [1.807, 2.05) is 18.2 Å². The summed E-state index contributed by atoms with van der Waals surface area (Å²) >= 11 is 0. The van der Waals surface area contributed by atoms with E-state index in [-0.39, 0.29) is 0 Å². The third kappa shape index (κ3) is 2.61. The molecule has 1 unspecified atom stereocenters. The molecule has 1 nitrogen and oxygen atoms in total. The zero-order valence-electron chi connectivity index (χ0n) is 9.24. The summed E-state index contributed by atoms with van der Waals surface area (Å²) in [5.74, 6) is 6.63. The molecule has 0 radical (unpaired) electrons. The first-order valence-electron chi connectivity index (χ1n) is 5.71. The van der Waals surface area contributed by atoms with Gasteiger partial charge < -0.3 is 0 Å². The summed E-state index contributed by atoms with van der Waals surface area (Å²) in [7, 11) is 0. The molecule has 1 aliphatic rings. The molecule has 1 atom stereocenters. The van der Waals surface area contributed by atoms with E-state index in [1.54, 1.807) is 0 Å². The van der Waals surface area contributed by atoms with Gasteiger partial charge in [-0.25, -0.2) is 0 Å². The van der Waals surface area contributed by atoms with Crippen LogP contribution in [0.3, 0.4) is 0 Å². The van der Waals surface area contributed by atoms with Gasteiger partial charge in [0.2, 0.25) is 0 Å². The molecule has 1 heterocycles. The van der Waals surface area contributed by atoms with E-state index >= 15 is 0 Å². The minimum Gasteiger partial charge on any atom is -0.290 e. The van der Waals surface area contributed by atoms with Crippen molar-refractivity contribution >= 4 is 0 Å². The van der Waals surface area contributed by atoms with Crippen molar-refractivity contribution in [3.63, 3.8) is 0 Å². The van der Waals surface area contributed by atoms with Gasteiger partial charge in [-0.1, -0.05) is 37.0 Å². The normalized spacial score (nSPS) is 21.0. The average Bonchev–Trinajstić information content (AvgIpc) is 2.75.